The first-order valence-electron chi connectivity index (χ1n) is 10.2. The molecule has 0 radical (unpaired) electrons. The molecule has 1 aliphatic heterocycles. The van der Waals surface area contributed by atoms with Crippen LogP contribution < -0.4 is 10.6 Å². The van der Waals surface area contributed by atoms with Crippen molar-refractivity contribution in [2.75, 3.05) is 5.75 Å². The Hall–Kier alpha value is -2.23. The molecule has 0 unspecified atom stereocenters. The summed E-state index contributed by atoms with van der Waals surface area (Å²) >= 11 is 7.33. The first-order valence-corrected chi connectivity index (χ1v) is 11.6. The third kappa shape index (κ3) is 5.27. The quantitative estimate of drug-likeness (QED) is 0.659. The lowest BCUT2D eigenvalue weighted by molar-refractivity contribution is -0.119. The average Bonchev–Trinajstić information content (AvgIpc) is 2.72. The molecule has 1 aromatic carbocycles. The number of halogens is 1. The number of nitrogens with zero attached hydrogens (tertiary/aromatic N) is 1. The van der Waals surface area contributed by atoms with E-state index in [1.165, 1.54) is 25.1 Å². The second-order valence-electron chi connectivity index (χ2n) is 7.75. The van der Waals surface area contributed by atoms with E-state index in [4.69, 9.17) is 11.6 Å². The summed E-state index contributed by atoms with van der Waals surface area (Å²) in [6, 6.07) is 9.71. The van der Waals surface area contributed by atoms with Gasteiger partial charge in [0.25, 0.3) is 0 Å². The van der Waals surface area contributed by atoms with Gasteiger partial charge in [-0.2, -0.15) is 5.26 Å². The number of allylic oxidation sites excluding steroid dienone is 3. The van der Waals surface area contributed by atoms with Gasteiger partial charge in [0.05, 0.1) is 28.3 Å². The van der Waals surface area contributed by atoms with Crippen LogP contribution >= 0.6 is 23.4 Å². The van der Waals surface area contributed by atoms with Crippen molar-refractivity contribution in [3.8, 4) is 6.07 Å². The molecule has 3 rings (SSSR count). The first kappa shape index (κ1) is 22.5. The number of carbonyl (C=O) groups excluding carboxylic acids is 2. The smallest absolute Gasteiger partial charge is 0.230 e. The molecule has 1 atom stereocenters. The zero-order valence-corrected chi connectivity index (χ0v) is 18.8. The summed E-state index contributed by atoms with van der Waals surface area (Å²) in [6.45, 7) is 3.34. The van der Waals surface area contributed by atoms with Crippen LogP contribution in [-0.4, -0.2) is 23.5 Å². The van der Waals surface area contributed by atoms with Crippen molar-refractivity contribution in [2.24, 2.45) is 0 Å². The molecule has 1 amide bonds. The number of thioether (sulfide) groups is 1. The van der Waals surface area contributed by atoms with Gasteiger partial charge in [0, 0.05) is 22.3 Å². The maximum atomic E-state index is 12.4. The summed E-state index contributed by atoms with van der Waals surface area (Å²) < 4.78 is 0. The van der Waals surface area contributed by atoms with Crippen LogP contribution in [0.4, 0.5) is 0 Å². The Kier molecular flexibility index (Phi) is 7.63. The van der Waals surface area contributed by atoms with E-state index in [9.17, 15) is 14.9 Å². The zero-order valence-electron chi connectivity index (χ0n) is 17.3. The number of dihydropyridines is 1. The fraction of sp³-hybridized carbons (Fsp3) is 0.435. The number of Topliss-reactive ketones (excluding diaryl/α,β-unsaturated/α-hetero) is 1. The highest BCUT2D eigenvalue weighted by Crippen LogP contribution is 2.41. The molecule has 0 bridgehead atoms. The van der Waals surface area contributed by atoms with E-state index in [0.29, 0.717) is 26.9 Å². The molecule has 0 aromatic heterocycles. The molecule has 1 aliphatic carbocycles. The number of hydrogen-bond acceptors (Lipinski definition) is 5. The molecule has 1 aromatic rings. The molecule has 30 heavy (non-hydrogen) atoms. The van der Waals surface area contributed by atoms with Gasteiger partial charge in [0.2, 0.25) is 5.91 Å². The van der Waals surface area contributed by atoms with Crippen LogP contribution in [0.15, 0.2) is 46.1 Å². The van der Waals surface area contributed by atoms with Gasteiger partial charge in [-0.1, -0.05) is 54.8 Å². The Bertz CT molecular complexity index is 925. The number of benzene rings is 1. The number of rotatable bonds is 6. The Morgan fingerprint density at radius 2 is 1.90 bits per heavy atom. The molecule has 0 spiro atoms. The second-order valence-corrected chi connectivity index (χ2v) is 9.17. The lowest BCUT2D eigenvalue weighted by Crippen LogP contribution is -2.37. The molecule has 2 N–H and O–H groups in total. The van der Waals surface area contributed by atoms with Crippen molar-refractivity contribution < 1.29 is 9.59 Å². The zero-order chi connectivity index (χ0) is 21.7. The van der Waals surface area contributed by atoms with Crippen LogP contribution in [0.3, 0.4) is 0 Å². The van der Waals surface area contributed by atoms with Gasteiger partial charge in [-0.3, -0.25) is 9.59 Å². The number of carbonyl (C=O) groups is 2. The standard InChI is InChI=1S/C23H26ClN3O2S/c1-14-21(15(2)28)22(16-8-10-17(24)11-9-16)19(12-25)23(26-14)30-13-20(29)27-18-6-4-3-5-7-18/h8-11,18,22,26H,3-7,13H2,1-2H3,(H,27,29)/t22-/m0/s1. The van der Waals surface area contributed by atoms with Gasteiger partial charge >= 0.3 is 0 Å². The summed E-state index contributed by atoms with van der Waals surface area (Å²) in [5.74, 6) is -0.373. The van der Waals surface area contributed by atoms with E-state index < -0.39 is 5.92 Å². The molecule has 5 nitrogen and oxygen atoms in total. The number of nitrogens with one attached hydrogen (secondary N) is 2. The minimum absolute atomic E-state index is 0.0273. The van der Waals surface area contributed by atoms with Gasteiger partial charge in [-0.15, -0.1) is 0 Å². The Balaban J connectivity index is 1.82. The van der Waals surface area contributed by atoms with Gasteiger partial charge in [0.15, 0.2) is 5.78 Å². The molecule has 1 fully saturated rings. The summed E-state index contributed by atoms with van der Waals surface area (Å²) in [5.41, 5.74) is 2.54. The summed E-state index contributed by atoms with van der Waals surface area (Å²) in [6.07, 6.45) is 5.61. The minimum Gasteiger partial charge on any atom is -0.353 e. The Morgan fingerprint density at radius 3 is 2.50 bits per heavy atom. The van der Waals surface area contributed by atoms with E-state index in [2.05, 4.69) is 16.7 Å². The topological polar surface area (TPSA) is 82.0 Å². The normalized spacial score (nSPS) is 19.9. The predicted molar refractivity (Wildman–Crippen MR) is 121 cm³/mol. The minimum atomic E-state index is -0.477. The highest BCUT2D eigenvalue weighted by molar-refractivity contribution is 8.03. The highest BCUT2D eigenvalue weighted by atomic mass is 35.5. The Morgan fingerprint density at radius 1 is 1.23 bits per heavy atom. The third-order valence-corrected chi connectivity index (χ3v) is 6.82. The van der Waals surface area contributed by atoms with Crippen molar-refractivity contribution >= 4 is 35.1 Å². The average molecular weight is 444 g/mol. The predicted octanol–water partition coefficient (Wildman–Crippen LogP) is 4.81. The van der Waals surface area contributed by atoms with Gasteiger partial charge in [0.1, 0.15) is 0 Å². The third-order valence-electron chi connectivity index (χ3n) is 5.55. The molecule has 1 saturated carbocycles. The van der Waals surface area contributed by atoms with Crippen molar-refractivity contribution in [1.29, 1.82) is 5.26 Å². The molecule has 0 saturated heterocycles. The van der Waals surface area contributed by atoms with E-state index in [1.54, 1.807) is 12.1 Å². The van der Waals surface area contributed by atoms with Crippen LogP contribution in [0.5, 0.6) is 0 Å². The maximum absolute atomic E-state index is 12.4. The van der Waals surface area contributed by atoms with Gasteiger partial charge < -0.3 is 10.6 Å². The lowest BCUT2D eigenvalue weighted by atomic mass is 9.81. The van der Waals surface area contributed by atoms with Crippen molar-refractivity contribution in [1.82, 2.24) is 10.6 Å². The van der Waals surface area contributed by atoms with Gasteiger partial charge in [-0.25, -0.2) is 0 Å². The van der Waals surface area contributed by atoms with Crippen LogP contribution in [0.2, 0.25) is 5.02 Å². The van der Waals surface area contributed by atoms with E-state index in [1.807, 2.05) is 19.1 Å². The van der Waals surface area contributed by atoms with Crippen LogP contribution in [0, 0.1) is 11.3 Å². The number of amides is 1. The van der Waals surface area contributed by atoms with Crippen molar-refractivity contribution in [3.63, 3.8) is 0 Å². The van der Waals surface area contributed by atoms with Crippen LogP contribution in [-0.2, 0) is 9.59 Å². The lowest BCUT2D eigenvalue weighted by Gasteiger charge is -2.29. The molecule has 1 heterocycles. The van der Waals surface area contributed by atoms with Crippen LogP contribution in [0.1, 0.15) is 57.4 Å². The number of ketones is 1. The number of hydrogen-bond donors (Lipinski definition) is 2. The van der Waals surface area contributed by atoms with Gasteiger partial charge in [-0.05, 0) is 44.4 Å². The Labute approximate surface area is 186 Å². The van der Waals surface area contributed by atoms with E-state index in [-0.39, 0.29) is 23.5 Å². The maximum Gasteiger partial charge on any atom is 0.230 e. The number of nitriles is 1. The molecular formula is C23H26ClN3O2S. The largest absolute Gasteiger partial charge is 0.353 e. The summed E-state index contributed by atoms with van der Waals surface area (Å²) in [7, 11) is 0. The molecule has 7 heteroatoms. The monoisotopic (exact) mass is 443 g/mol. The summed E-state index contributed by atoms with van der Waals surface area (Å²) in [5, 5.41) is 17.5. The SMILES string of the molecule is CC(=O)C1=C(C)NC(SCC(=O)NC2CCCCC2)=C(C#N)[C@@H]1c1ccc(Cl)cc1. The first-order chi connectivity index (χ1) is 14.4. The van der Waals surface area contributed by atoms with E-state index >= 15 is 0 Å². The fourth-order valence-corrected chi connectivity index (χ4v) is 5.16. The van der Waals surface area contributed by atoms with Crippen molar-refractivity contribution in [3.05, 3.63) is 56.7 Å². The highest BCUT2D eigenvalue weighted by Gasteiger charge is 2.33. The molecule has 2 aliphatic rings. The summed E-state index contributed by atoms with van der Waals surface area (Å²) in [4.78, 5) is 24.8. The molecule has 158 valence electrons. The fourth-order valence-electron chi connectivity index (χ4n) is 4.14. The molecular weight excluding hydrogens is 418 g/mol. The second kappa shape index (κ2) is 10.2. The van der Waals surface area contributed by atoms with Crippen molar-refractivity contribution in [2.45, 2.75) is 57.9 Å². The van der Waals surface area contributed by atoms with Crippen LogP contribution in [0.25, 0.3) is 0 Å². The van der Waals surface area contributed by atoms with E-state index in [0.717, 1.165) is 31.2 Å².